The van der Waals surface area contributed by atoms with Gasteiger partial charge in [0.25, 0.3) is 0 Å². The van der Waals surface area contributed by atoms with Gasteiger partial charge in [-0.1, -0.05) is 64.1 Å². The summed E-state index contributed by atoms with van der Waals surface area (Å²) in [6.07, 6.45) is 4.18. The minimum atomic E-state index is 0.504. The maximum Gasteiger partial charge on any atom is 0.0671 e. The number of benzene rings is 3. The Morgan fingerprint density at radius 1 is 0.719 bits per heavy atom. The SMILES string of the molecule is CC(C)C1=NC2=C(C1)c1ccc(-c3ccc4c5c(ccc4c3)N=C(C(C)C)C5)cc1CC2. The Bertz CT molecular complexity index is 1370. The largest absolute Gasteiger partial charge is 0.261 e. The predicted octanol–water partition coefficient (Wildman–Crippen LogP) is 7.95. The molecule has 2 nitrogen and oxygen atoms in total. The molecule has 0 fully saturated rings. The van der Waals surface area contributed by atoms with Crippen LogP contribution in [0.15, 0.2) is 64.2 Å². The van der Waals surface area contributed by atoms with Crippen LogP contribution in [0.3, 0.4) is 0 Å². The van der Waals surface area contributed by atoms with E-state index in [0.29, 0.717) is 11.8 Å². The van der Waals surface area contributed by atoms with E-state index in [4.69, 9.17) is 9.98 Å². The Balaban J connectivity index is 1.34. The van der Waals surface area contributed by atoms with E-state index >= 15 is 0 Å². The van der Waals surface area contributed by atoms with Gasteiger partial charge >= 0.3 is 0 Å². The fourth-order valence-corrected chi connectivity index (χ4v) is 5.44. The Morgan fingerprint density at radius 3 is 2.28 bits per heavy atom. The Morgan fingerprint density at radius 2 is 1.47 bits per heavy atom. The van der Waals surface area contributed by atoms with Gasteiger partial charge < -0.3 is 0 Å². The molecule has 0 bridgehead atoms. The zero-order valence-electron chi connectivity index (χ0n) is 19.5. The zero-order chi connectivity index (χ0) is 22.0. The number of aliphatic imine (C=N–C) groups is 2. The molecule has 6 rings (SSSR count). The van der Waals surface area contributed by atoms with Crippen LogP contribution in [0.1, 0.15) is 57.2 Å². The van der Waals surface area contributed by atoms with E-state index in [9.17, 15) is 0 Å². The summed E-state index contributed by atoms with van der Waals surface area (Å²) in [5.41, 5.74) is 13.5. The van der Waals surface area contributed by atoms with Crippen LogP contribution in [-0.2, 0) is 12.8 Å². The minimum absolute atomic E-state index is 0.504. The first-order valence-electron chi connectivity index (χ1n) is 12.0. The van der Waals surface area contributed by atoms with Gasteiger partial charge in [-0.25, -0.2) is 0 Å². The van der Waals surface area contributed by atoms with Crippen LogP contribution in [-0.4, -0.2) is 11.4 Å². The normalized spacial score (nSPS) is 17.1. The third kappa shape index (κ3) is 3.08. The molecular formula is C30H30N2. The molecule has 0 amide bonds. The molecule has 0 spiro atoms. The average Bonchev–Trinajstić information content (AvgIpc) is 3.43. The van der Waals surface area contributed by atoms with E-state index in [-0.39, 0.29) is 0 Å². The molecular weight excluding hydrogens is 388 g/mol. The third-order valence-electron chi connectivity index (χ3n) is 7.44. The molecule has 0 atom stereocenters. The van der Waals surface area contributed by atoms with E-state index in [1.54, 1.807) is 0 Å². The lowest BCUT2D eigenvalue weighted by Gasteiger charge is -2.19. The summed E-state index contributed by atoms with van der Waals surface area (Å²) in [5.74, 6) is 1.04. The molecule has 0 unspecified atom stereocenters. The Labute approximate surface area is 190 Å². The average molecular weight is 419 g/mol. The second kappa shape index (κ2) is 7.27. The van der Waals surface area contributed by atoms with Gasteiger partial charge in [0.15, 0.2) is 0 Å². The standard InChI is InChI=1S/C30H30N2/c1-17(2)29-15-25-23-9-5-19(13-21(23)7-11-27(25)31-29)20-6-10-24-22(14-20)8-12-28-26(24)16-30(32-28)18(3)4/h5-7,9-11,13-14,17-18H,8,12,15-16H2,1-4H3. The van der Waals surface area contributed by atoms with Gasteiger partial charge in [-0.2, -0.15) is 0 Å². The summed E-state index contributed by atoms with van der Waals surface area (Å²) in [4.78, 5) is 9.83. The van der Waals surface area contributed by atoms with Crippen LogP contribution < -0.4 is 0 Å². The summed E-state index contributed by atoms with van der Waals surface area (Å²) < 4.78 is 0. The third-order valence-corrected chi connectivity index (χ3v) is 7.44. The van der Waals surface area contributed by atoms with E-state index < -0.39 is 0 Å². The van der Waals surface area contributed by atoms with E-state index in [1.165, 1.54) is 61.3 Å². The first-order chi connectivity index (χ1) is 15.5. The predicted molar refractivity (Wildman–Crippen MR) is 137 cm³/mol. The van der Waals surface area contributed by atoms with Crippen molar-refractivity contribution in [2.24, 2.45) is 21.8 Å². The fraction of sp³-hybridized carbons (Fsp3) is 0.333. The molecule has 0 aromatic heterocycles. The van der Waals surface area contributed by atoms with Gasteiger partial charge in [-0.05, 0) is 81.0 Å². The minimum Gasteiger partial charge on any atom is -0.261 e. The number of rotatable bonds is 3. The van der Waals surface area contributed by atoms with Crippen LogP contribution in [0.4, 0.5) is 5.69 Å². The van der Waals surface area contributed by atoms with Crippen molar-refractivity contribution in [2.75, 3.05) is 0 Å². The fourth-order valence-electron chi connectivity index (χ4n) is 5.44. The lowest BCUT2D eigenvalue weighted by molar-refractivity contribution is 0.867. The van der Waals surface area contributed by atoms with Crippen molar-refractivity contribution < 1.29 is 0 Å². The molecule has 3 aromatic carbocycles. The highest BCUT2D eigenvalue weighted by Crippen LogP contribution is 2.41. The topological polar surface area (TPSA) is 24.7 Å². The molecule has 2 aliphatic heterocycles. The maximum absolute atomic E-state index is 4.95. The maximum atomic E-state index is 4.95. The summed E-state index contributed by atoms with van der Waals surface area (Å²) in [6, 6.07) is 18.5. The summed E-state index contributed by atoms with van der Waals surface area (Å²) in [6.45, 7) is 8.99. The molecule has 1 aliphatic carbocycles. The molecule has 2 heterocycles. The number of nitrogens with zero attached hydrogens (tertiary/aromatic N) is 2. The van der Waals surface area contributed by atoms with Crippen molar-refractivity contribution in [2.45, 2.75) is 53.4 Å². The van der Waals surface area contributed by atoms with Gasteiger partial charge in [-0.3, -0.25) is 9.98 Å². The van der Waals surface area contributed by atoms with E-state index in [2.05, 4.69) is 76.2 Å². The molecule has 0 N–H and O–H groups in total. The van der Waals surface area contributed by atoms with Gasteiger partial charge in [0.1, 0.15) is 0 Å². The van der Waals surface area contributed by atoms with E-state index in [1.807, 2.05) is 0 Å². The number of fused-ring (bicyclic) bond motifs is 5. The Kier molecular flexibility index (Phi) is 4.47. The first-order valence-corrected chi connectivity index (χ1v) is 12.0. The lowest BCUT2D eigenvalue weighted by Crippen LogP contribution is -2.06. The molecule has 160 valence electrons. The van der Waals surface area contributed by atoms with Crippen LogP contribution in [0.5, 0.6) is 0 Å². The number of hydrogen-bond donors (Lipinski definition) is 0. The zero-order valence-corrected chi connectivity index (χ0v) is 19.5. The van der Waals surface area contributed by atoms with Gasteiger partial charge in [0.2, 0.25) is 0 Å². The number of allylic oxidation sites excluding steroid dienone is 2. The van der Waals surface area contributed by atoms with Crippen LogP contribution in [0.25, 0.3) is 27.5 Å². The van der Waals surface area contributed by atoms with Crippen molar-refractivity contribution in [1.82, 2.24) is 0 Å². The first kappa shape index (κ1) is 19.7. The second-order valence-electron chi connectivity index (χ2n) is 10.2. The summed E-state index contributed by atoms with van der Waals surface area (Å²) in [5, 5.41) is 2.66. The monoisotopic (exact) mass is 418 g/mol. The van der Waals surface area contributed by atoms with Crippen molar-refractivity contribution in [3.05, 3.63) is 70.9 Å². The molecule has 0 saturated carbocycles. The van der Waals surface area contributed by atoms with Crippen molar-refractivity contribution >= 4 is 33.5 Å². The van der Waals surface area contributed by atoms with Crippen LogP contribution in [0, 0.1) is 11.8 Å². The number of hydrogen-bond acceptors (Lipinski definition) is 2. The molecule has 0 radical (unpaired) electrons. The molecule has 3 aromatic rings. The Hall–Kier alpha value is -3.00. The molecule has 0 saturated heterocycles. The molecule has 3 aliphatic rings. The second-order valence-corrected chi connectivity index (χ2v) is 10.2. The van der Waals surface area contributed by atoms with E-state index in [0.717, 1.165) is 31.4 Å². The molecule has 32 heavy (non-hydrogen) atoms. The lowest BCUT2D eigenvalue weighted by atomic mass is 9.85. The molecule has 2 heteroatoms. The van der Waals surface area contributed by atoms with Gasteiger partial charge in [0, 0.05) is 30.0 Å². The number of aryl methyl sites for hydroxylation is 1. The quantitative estimate of drug-likeness (QED) is 0.412. The highest BCUT2D eigenvalue weighted by Gasteiger charge is 2.26. The van der Waals surface area contributed by atoms with Crippen molar-refractivity contribution in [3.63, 3.8) is 0 Å². The summed E-state index contributed by atoms with van der Waals surface area (Å²) in [7, 11) is 0. The van der Waals surface area contributed by atoms with Gasteiger partial charge in [-0.15, -0.1) is 0 Å². The smallest absolute Gasteiger partial charge is 0.0671 e. The van der Waals surface area contributed by atoms with Crippen molar-refractivity contribution in [1.29, 1.82) is 0 Å². The highest BCUT2D eigenvalue weighted by molar-refractivity contribution is 6.03. The van der Waals surface area contributed by atoms with Crippen LogP contribution in [0.2, 0.25) is 0 Å². The summed E-state index contributed by atoms with van der Waals surface area (Å²) >= 11 is 0. The van der Waals surface area contributed by atoms with Crippen LogP contribution >= 0.6 is 0 Å². The highest BCUT2D eigenvalue weighted by atomic mass is 14.8. The van der Waals surface area contributed by atoms with Crippen molar-refractivity contribution in [3.8, 4) is 11.1 Å². The van der Waals surface area contributed by atoms with Gasteiger partial charge in [0.05, 0.1) is 5.69 Å².